The molecule has 0 fully saturated rings. The Kier molecular flexibility index (Phi) is 3.58. The number of carbonyl (C=O) groups is 1. The number of hydrogen-bond donors (Lipinski definition) is 2. The summed E-state index contributed by atoms with van der Waals surface area (Å²) in [6, 6.07) is 8.69. The number of nitrogens with one attached hydrogen (secondary N) is 2. The largest absolute Gasteiger partial charge is 0.351 e. The third-order valence-corrected chi connectivity index (χ3v) is 3.20. The Labute approximate surface area is 123 Å². The zero-order valence-electron chi connectivity index (χ0n) is 11.3. The van der Waals surface area contributed by atoms with E-state index in [1.165, 1.54) is 24.3 Å². The SMILES string of the molecule is O=C(NCc1cc(F)cc(F)c1)c1cc2cc(F)ccc2[nH]1. The molecule has 0 unspecified atom stereocenters. The van der Waals surface area contributed by atoms with Crippen molar-refractivity contribution in [1.29, 1.82) is 0 Å². The highest BCUT2D eigenvalue weighted by atomic mass is 19.1. The number of hydrogen-bond acceptors (Lipinski definition) is 1. The van der Waals surface area contributed by atoms with Crippen LogP contribution in [0.5, 0.6) is 0 Å². The fourth-order valence-electron chi connectivity index (χ4n) is 2.22. The normalized spacial score (nSPS) is 10.9. The van der Waals surface area contributed by atoms with Gasteiger partial charge in [0.25, 0.3) is 5.91 Å². The summed E-state index contributed by atoms with van der Waals surface area (Å²) >= 11 is 0. The quantitative estimate of drug-likeness (QED) is 0.764. The first-order chi connectivity index (χ1) is 10.5. The van der Waals surface area contributed by atoms with Gasteiger partial charge in [-0.3, -0.25) is 4.79 Å². The van der Waals surface area contributed by atoms with Crippen LogP contribution in [0.3, 0.4) is 0 Å². The molecule has 0 bridgehead atoms. The van der Waals surface area contributed by atoms with E-state index in [-0.39, 0.29) is 12.2 Å². The monoisotopic (exact) mass is 304 g/mol. The van der Waals surface area contributed by atoms with Crippen molar-refractivity contribution in [2.45, 2.75) is 6.54 Å². The van der Waals surface area contributed by atoms with E-state index in [0.29, 0.717) is 16.5 Å². The molecule has 2 aromatic carbocycles. The van der Waals surface area contributed by atoms with Gasteiger partial charge in [-0.15, -0.1) is 0 Å². The Morgan fingerprint density at radius 3 is 2.41 bits per heavy atom. The number of fused-ring (bicyclic) bond motifs is 1. The second-order valence-corrected chi connectivity index (χ2v) is 4.87. The molecule has 3 aromatic rings. The van der Waals surface area contributed by atoms with Crippen molar-refractivity contribution in [1.82, 2.24) is 10.3 Å². The molecule has 1 amide bonds. The summed E-state index contributed by atoms with van der Waals surface area (Å²) in [5.74, 6) is -2.24. The van der Waals surface area contributed by atoms with E-state index < -0.39 is 23.4 Å². The molecule has 0 saturated carbocycles. The summed E-state index contributed by atoms with van der Waals surface area (Å²) in [6.07, 6.45) is 0. The van der Waals surface area contributed by atoms with Crippen LogP contribution in [-0.4, -0.2) is 10.9 Å². The minimum atomic E-state index is -0.703. The van der Waals surface area contributed by atoms with Crippen molar-refractivity contribution >= 4 is 16.8 Å². The highest BCUT2D eigenvalue weighted by molar-refractivity contribution is 5.97. The molecule has 6 heteroatoms. The van der Waals surface area contributed by atoms with Crippen molar-refractivity contribution in [3.05, 3.63) is 71.2 Å². The molecule has 0 saturated heterocycles. The summed E-state index contributed by atoms with van der Waals surface area (Å²) in [5, 5.41) is 3.12. The molecule has 0 aliphatic rings. The maximum atomic E-state index is 13.1. The van der Waals surface area contributed by atoms with Crippen LogP contribution >= 0.6 is 0 Å². The predicted molar refractivity (Wildman–Crippen MR) is 75.8 cm³/mol. The van der Waals surface area contributed by atoms with Gasteiger partial charge in [-0.25, -0.2) is 13.2 Å². The minimum Gasteiger partial charge on any atom is -0.351 e. The molecule has 1 heterocycles. The highest BCUT2D eigenvalue weighted by Crippen LogP contribution is 2.16. The summed E-state index contributed by atoms with van der Waals surface area (Å²) in [6.45, 7) is -0.0166. The van der Waals surface area contributed by atoms with E-state index in [0.717, 1.165) is 18.2 Å². The minimum absolute atomic E-state index is 0.0166. The lowest BCUT2D eigenvalue weighted by atomic mass is 10.2. The molecule has 0 radical (unpaired) electrons. The summed E-state index contributed by atoms with van der Waals surface area (Å²) in [5.41, 5.74) is 1.19. The lowest BCUT2D eigenvalue weighted by Crippen LogP contribution is -2.23. The molecule has 2 N–H and O–H groups in total. The van der Waals surface area contributed by atoms with Gasteiger partial charge in [0.15, 0.2) is 0 Å². The number of H-pyrrole nitrogens is 1. The first-order valence-corrected chi connectivity index (χ1v) is 6.53. The van der Waals surface area contributed by atoms with Gasteiger partial charge < -0.3 is 10.3 Å². The average molecular weight is 304 g/mol. The van der Waals surface area contributed by atoms with Crippen molar-refractivity contribution in [2.24, 2.45) is 0 Å². The molecule has 0 aliphatic carbocycles. The third kappa shape index (κ3) is 2.95. The summed E-state index contributed by atoms with van der Waals surface area (Å²) in [7, 11) is 0. The van der Waals surface area contributed by atoms with Gasteiger partial charge >= 0.3 is 0 Å². The van der Waals surface area contributed by atoms with E-state index in [1.54, 1.807) is 0 Å². The lowest BCUT2D eigenvalue weighted by Gasteiger charge is -2.04. The van der Waals surface area contributed by atoms with Gasteiger partial charge in [-0.1, -0.05) is 0 Å². The number of amides is 1. The molecule has 0 spiro atoms. The van der Waals surface area contributed by atoms with Crippen molar-refractivity contribution < 1.29 is 18.0 Å². The molecule has 112 valence electrons. The molecular formula is C16H11F3N2O. The summed E-state index contributed by atoms with van der Waals surface area (Å²) in [4.78, 5) is 14.9. The second kappa shape index (κ2) is 5.55. The maximum Gasteiger partial charge on any atom is 0.267 e. The molecular weight excluding hydrogens is 293 g/mol. The smallest absolute Gasteiger partial charge is 0.267 e. The fraction of sp³-hybridized carbons (Fsp3) is 0.0625. The van der Waals surface area contributed by atoms with Gasteiger partial charge in [-0.05, 0) is 42.0 Å². The molecule has 1 aromatic heterocycles. The van der Waals surface area contributed by atoms with E-state index in [2.05, 4.69) is 10.3 Å². The summed E-state index contributed by atoms with van der Waals surface area (Å²) < 4.78 is 39.2. The lowest BCUT2D eigenvalue weighted by molar-refractivity contribution is 0.0946. The Morgan fingerprint density at radius 2 is 1.68 bits per heavy atom. The van der Waals surface area contributed by atoms with Crippen LogP contribution in [0.15, 0.2) is 42.5 Å². The Hall–Kier alpha value is -2.76. The Balaban J connectivity index is 1.75. The average Bonchev–Trinajstić information content (AvgIpc) is 2.86. The Morgan fingerprint density at radius 1 is 0.955 bits per heavy atom. The van der Waals surface area contributed by atoms with Gasteiger partial charge in [-0.2, -0.15) is 0 Å². The van der Waals surface area contributed by atoms with Gasteiger partial charge in [0, 0.05) is 23.5 Å². The number of halogens is 3. The molecule has 0 aliphatic heterocycles. The zero-order valence-corrected chi connectivity index (χ0v) is 11.3. The fourth-order valence-corrected chi connectivity index (χ4v) is 2.22. The van der Waals surface area contributed by atoms with Crippen LogP contribution in [0.1, 0.15) is 16.1 Å². The van der Waals surface area contributed by atoms with E-state index in [9.17, 15) is 18.0 Å². The standard InChI is InChI=1S/C16H11F3N2O/c17-11-1-2-14-10(5-11)6-15(21-14)16(22)20-8-9-3-12(18)7-13(19)4-9/h1-7,21H,8H2,(H,20,22). The van der Waals surface area contributed by atoms with E-state index in [1.807, 2.05) is 0 Å². The van der Waals surface area contributed by atoms with Crippen molar-refractivity contribution in [3.63, 3.8) is 0 Å². The van der Waals surface area contributed by atoms with Crippen LogP contribution in [0.2, 0.25) is 0 Å². The number of rotatable bonds is 3. The third-order valence-electron chi connectivity index (χ3n) is 3.20. The maximum absolute atomic E-state index is 13.1. The topological polar surface area (TPSA) is 44.9 Å². The number of benzene rings is 2. The van der Waals surface area contributed by atoms with Crippen molar-refractivity contribution in [3.8, 4) is 0 Å². The number of carbonyl (C=O) groups excluding carboxylic acids is 1. The zero-order chi connectivity index (χ0) is 15.7. The number of aromatic amines is 1. The van der Waals surface area contributed by atoms with Crippen LogP contribution in [0.4, 0.5) is 13.2 Å². The number of aromatic nitrogens is 1. The highest BCUT2D eigenvalue weighted by Gasteiger charge is 2.10. The first kappa shape index (κ1) is 14.2. The second-order valence-electron chi connectivity index (χ2n) is 4.87. The van der Waals surface area contributed by atoms with Gasteiger partial charge in [0.2, 0.25) is 0 Å². The molecule has 0 atom stereocenters. The molecule has 22 heavy (non-hydrogen) atoms. The molecule has 3 nitrogen and oxygen atoms in total. The van der Waals surface area contributed by atoms with E-state index >= 15 is 0 Å². The van der Waals surface area contributed by atoms with Gasteiger partial charge in [0.05, 0.1) is 0 Å². The van der Waals surface area contributed by atoms with Crippen molar-refractivity contribution in [2.75, 3.05) is 0 Å². The first-order valence-electron chi connectivity index (χ1n) is 6.53. The molecule has 3 rings (SSSR count). The Bertz CT molecular complexity index is 837. The predicted octanol–water partition coefficient (Wildman–Crippen LogP) is 3.52. The van der Waals surface area contributed by atoms with Gasteiger partial charge in [0.1, 0.15) is 23.1 Å². The van der Waals surface area contributed by atoms with Crippen LogP contribution < -0.4 is 5.32 Å². The van der Waals surface area contributed by atoms with E-state index in [4.69, 9.17) is 0 Å². The van der Waals surface area contributed by atoms with Crippen LogP contribution in [0, 0.1) is 17.5 Å². The van der Waals surface area contributed by atoms with Crippen LogP contribution in [0.25, 0.3) is 10.9 Å². The van der Waals surface area contributed by atoms with Crippen LogP contribution in [-0.2, 0) is 6.54 Å².